The summed E-state index contributed by atoms with van der Waals surface area (Å²) in [5, 5.41) is 19.7. The van der Waals surface area contributed by atoms with Crippen molar-refractivity contribution in [2.45, 2.75) is 73.6 Å². The molecule has 25 nitrogen and oxygen atoms in total. The predicted octanol–water partition coefficient (Wildman–Crippen LogP) is 23.3. The third kappa shape index (κ3) is 24.7. The molecule has 149 heavy (non-hydrogen) atoms. The third-order valence-electron chi connectivity index (χ3n) is 27.4. The number of ether oxygens (including phenoxy) is 25. The van der Waals surface area contributed by atoms with Crippen LogP contribution in [0.3, 0.4) is 0 Å². The molecule has 29 rings (SSSR count). The van der Waals surface area contributed by atoms with Gasteiger partial charge in [0.05, 0.1) is 72.7 Å². The van der Waals surface area contributed by atoms with Crippen LogP contribution in [0.2, 0.25) is 0 Å². The molecule has 0 saturated carbocycles. The Morgan fingerprint density at radius 3 is 0.705 bits per heavy atom. The smallest absolute Gasteiger partial charge is 0.128 e. The maximum absolute atomic E-state index is 6.47. The Morgan fingerprint density at radius 2 is 0.383 bits per heavy atom. The van der Waals surface area contributed by atoms with Crippen molar-refractivity contribution in [2.24, 2.45) is 0 Å². The van der Waals surface area contributed by atoms with Crippen LogP contribution < -0.4 is 66.3 Å². The Kier molecular flexibility index (Phi) is 26.7. The summed E-state index contributed by atoms with van der Waals surface area (Å²) in [6, 6.07) is 105. The monoisotopic (exact) mass is 2000 g/mol. The molecule has 11 saturated heterocycles. The van der Waals surface area contributed by atoms with Gasteiger partial charge in [-0.3, -0.25) is 0 Å². The molecule has 0 aromatic heterocycles. The van der Waals surface area contributed by atoms with Gasteiger partial charge in [0.25, 0.3) is 0 Å². The van der Waals surface area contributed by atoms with E-state index in [1.54, 1.807) is 0 Å². The second-order valence-corrected chi connectivity index (χ2v) is 39.1. The zero-order valence-corrected chi connectivity index (χ0v) is 81.8. The normalized spacial score (nSPS) is 20.7. The lowest BCUT2D eigenvalue weighted by Gasteiger charge is -2.19. The van der Waals surface area contributed by atoms with Crippen LogP contribution in [0.15, 0.2) is 309 Å². The molecule has 25 heteroatoms. The van der Waals surface area contributed by atoms with Crippen molar-refractivity contribution in [3.8, 4) is 109 Å². The second kappa shape index (κ2) is 42.4. The number of hydrogen-bond acceptors (Lipinski definition) is 25. The number of epoxide rings is 11. The molecule has 0 N–H and O–H groups in total. The van der Waals surface area contributed by atoms with Crippen LogP contribution in [-0.4, -0.2) is 212 Å². The van der Waals surface area contributed by atoms with Gasteiger partial charge in [0.15, 0.2) is 0 Å². The number of rotatable bonds is 42. The van der Waals surface area contributed by atoms with E-state index < -0.39 is 0 Å². The highest BCUT2D eigenvalue weighted by Crippen LogP contribution is 2.46. The van der Waals surface area contributed by atoms with Crippen molar-refractivity contribution in [1.82, 2.24) is 0 Å². The minimum atomic E-state index is 0.144. The van der Waals surface area contributed by atoms with E-state index in [1.807, 2.05) is 146 Å². The summed E-state index contributed by atoms with van der Waals surface area (Å²) >= 11 is 0. The molecule has 11 heterocycles. The summed E-state index contributed by atoms with van der Waals surface area (Å²) in [6.07, 6.45) is 2.83. The zero-order valence-electron chi connectivity index (χ0n) is 81.8. The van der Waals surface area contributed by atoms with Crippen molar-refractivity contribution < 1.29 is 118 Å². The van der Waals surface area contributed by atoms with Crippen molar-refractivity contribution in [2.75, 3.05) is 145 Å². The predicted molar refractivity (Wildman–Crippen MR) is 565 cm³/mol. The van der Waals surface area contributed by atoms with Crippen LogP contribution in [0.4, 0.5) is 0 Å². The van der Waals surface area contributed by atoms with Crippen LogP contribution in [0.1, 0.15) is 11.1 Å². The molecule has 18 aromatic carbocycles. The average Bonchev–Trinajstić information content (AvgIpc) is 1.28. The van der Waals surface area contributed by atoms with Gasteiger partial charge in [-0.1, -0.05) is 115 Å². The van der Waals surface area contributed by atoms with Gasteiger partial charge in [-0.15, -0.1) is 0 Å². The minimum absolute atomic E-state index is 0.144. The topological polar surface area (TPSA) is 267 Å². The first kappa shape index (κ1) is 93.8. The molecule has 754 valence electrons. The summed E-state index contributed by atoms with van der Waals surface area (Å²) < 4.78 is 144. The molecular weight excluding hydrogens is 1890 g/mol. The van der Waals surface area contributed by atoms with Crippen LogP contribution in [0.25, 0.3) is 108 Å². The van der Waals surface area contributed by atoms with Crippen molar-refractivity contribution in [1.29, 1.82) is 0 Å². The molecular formula is C124H108O25. The fourth-order valence-electron chi connectivity index (χ4n) is 18.0. The van der Waals surface area contributed by atoms with E-state index in [1.165, 1.54) is 0 Å². The third-order valence-corrected chi connectivity index (χ3v) is 27.4. The Balaban J connectivity index is 0.000000103. The van der Waals surface area contributed by atoms with Crippen molar-refractivity contribution in [3.05, 3.63) is 321 Å². The molecule has 11 aliphatic rings. The second-order valence-electron chi connectivity index (χ2n) is 39.1. The van der Waals surface area contributed by atoms with Crippen molar-refractivity contribution in [3.63, 3.8) is 0 Å². The average molecular weight is 2000 g/mol. The van der Waals surface area contributed by atoms with E-state index >= 15 is 0 Å². The zero-order chi connectivity index (χ0) is 98.9. The minimum Gasteiger partial charge on any atom is -0.491 e. The van der Waals surface area contributed by atoms with E-state index in [2.05, 4.69) is 164 Å². The van der Waals surface area contributed by atoms with Gasteiger partial charge in [0.1, 0.15) is 238 Å². The molecule has 0 aliphatic carbocycles. The van der Waals surface area contributed by atoms with E-state index in [4.69, 9.17) is 118 Å². The van der Waals surface area contributed by atoms with Crippen LogP contribution in [0, 0.1) is 0 Å². The van der Waals surface area contributed by atoms with Crippen LogP contribution >= 0.6 is 0 Å². The van der Waals surface area contributed by atoms with Gasteiger partial charge in [0.2, 0.25) is 0 Å². The fraction of sp³-hybridized carbons (Fsp3) is 0.274. The summed E-state index contributed by atoms with van der Waals surface area (Å²) in [5.74, 6) is 13.7. The maximum Gasteiger partial charge on any atom is 0.128 e. The SMILES string of the molecule is c1cc(OCC2CO2)c2ccc(OCC3CO3)cc2c1.c1cc2ccc(OCC3CO3)c(Cc3c(OCC4CO4)ccc4ccc(OCC5CO5)cc34)c2cc1OCC1CO1.c1cc2ccc(Oc3ccc4ccc(OCC5CO5)c(-c5ccc6ccc(OCC7CO7)cc6c5)c4c3)cc2cc1OCC1CO1.c1cc2ccc(Oc3ccc4ccc(Oc5ccc6ccc(OCC7CO7)cc6c5)cc4c3)cc2cc1OCC1CO1. The van der Waals surface area contributed by atoms with Gasteiger partial charge >= 0.3 is 0 Å². The van der Waals surface area contributed by atoms with E-state index in [0.29, 0.717) is 79.1 Å². The molecule has 0 amide bonds. The first-order chi connectivity index (χ1) is 73.5. The lowest BCUT2D eigenvalue weighted by molar-refractivity contribution is 0.259. The standard InChI is InChI=1S/C39H32O7.C36H28O6.C33H32O8.C16H16O4/c1-2-27(13-28-14-30(8-3-24(1)28)40-18-34-20-42-34)39-37-17-33(11-6-26(37)7-12-38(39)45-23-36-22-44-36)46-32-10-5-25-4-9-31(15-29(25)16-32)41-19-35-21-43-35;1-7-29(37-19-35-21-39-35)13-26-15-31(9-3-23(1)26)41-33-11-5-25-6-12-34(18-28(25)17-33)42-32-10-4-24-2-8-30(14-27(24)16-32)38-20-36-22-40-36;1-5-22(34-12-24-14-36-24)9-28-20(1)3-7-32(40-18-26-16-38-26)30(28)11-31-29-10-23(35-13-25-15-37-25)6-2-21(29)4-8-33(31)41-19-27-17-39-27;1-2-11-6-12(17-7-13-8-18-13)4-5-15(11)16(3-1)20-10-14-9-19-14/h1-17,34-36H,18-23H2;1-18,35-36H,19-22H2;1-10,24-27H,11-19H2;1-6,13-14H,7-10H2. The molecule has 11 fully saturated rings. The van der Waals surface area contributed by atoms with E-state index in [9.17, 15) is 0 Å². The summed E-state index contributed by atoms with van der Waals surface area (Å²) in [7, 11) is 0. The Bertz CT molecular complexity index is 7710. The Labute approximate surface area is 858 Å². The number of benzene rings is 18. The van der Waals surface area contributed by atoms with Gasteiger partial charge in [-0.05, 0) is 291 Å². The highest BCUT2D eigenvalue weighted by molar-refractivity contribution is 6.03. The maximum atomic E-state index is 6.47. The van der Waals surface area contributed by atoms with Crippen LogP contribution in [-0.2, 0) is 58.5 Å². The highest BCUT2D eigenvalue weighted by atomic mass is 16.6. The first-order valence-electron chi connectivity index (χ1n) is 51.2. The van der Waals surface area contributed by atoms with Gasteiger partial charge in [-0.2, -0.15) is 0 Å². The molecule has 11 atom stereocenters. The van der Waals surface area contributed by atoms with E-state index in [0.717, 1.165) is 290 Å². The molecule has 11 unspecified atom stereocenters. The molecule has 0 spiro atoms. The van der Waals surface area contributed by atoms with Gasteiger partial charge < -0.3 is 118 Å². The number of fused-ring (bicyclic) bond motifs is 9. The first-order valence-corrected chi connectivity index (χ1v) is 51.2. The number of hydrogen-bond donors (Lipinski definition) is 0. The Hall–Kier alpha value is -14.9. The van der Waals surface area contributed by atoms with Crippen LogP contribution in [0.5, 0.6) is 97.7 Å². The molecule has 18 aromatic rings. The lowest BCUT2D eigenvalue weighted by atomic mass is 9.93. The summed E-state index contributed by atoms with van der Waals surface area (Å²) in [4.78, 5) is 0. The largest absolute Gasteiger partial charge is 0.491 e. The molecule has 0 bridgehead atoms. The highest BCUT2D eigenvalue weighted by Gasteiger charge is 2.33. The van der Waals surface area contributed by atoms with Gasteiger partial charge in [0, 0.05) is 28.5 Å². The molecule has 11 aliphatic heterocycles. The van der Waals surface area contributed by atoms with Gasteiger partial charge in [-0.25, -0.2) is 0 Å². The molecule has 0 radical (unpaired) electrons. The summed E-state index contributed by atoms with van der Waals surface area (Å²) in [6.45, 7) is 14.7. The Morgan fingerprint density at radius 1 is 0.161 bits per heavy atom. The lowest BCUT2D eigenvalue weighted by Crippen LogP contribution is -2.09. The van der Waals surface area contributed by atoms with Crippen molar-refractivity contribution >= 4 is 97.0 Å². The quantitative estimate of drug-likeness (QED) is 0.0322. The fourth-order valence-corrected chi connectivity index (χ4v) is 18.0. The van der Waals surface area contributed by atoms with E-state index in [-0.39, 0.29) is 67.1 Å². The summed E-state index contributed by atoms with van der Waals surface area (Å²) in [5.41, 5.74) is 4.23.